The van der Waals surface area contributed by atoms with Crippen molar-refractivity contribution in [2.24, 2.45) is 0 Å². The molecule has 7 heteroatoms. The van der Waals surface area contributed by atoms with Crippen molar-refractivity contribution in [1.29, 1.82) is 0 Å². The standard InChI is InChI=1S/C6H9N3O4/c10-4-6(11)3-8-2-5(1-7-8)9(12)13/h1-2,6,10-11H,3-4H2. The summed E-state index contributed by atoms with van der Waals surface area (Å²) in [5.41, 5.74) is -0.134. The Labute approximate surface area is 73.4 Å². The van der Waals surface area contributed by atoms with Gasteiger partial charge < -0.3 is 10.2 Å². The van der Waals surface area contributed by atoms with Gasteiger partial charge in [0.05, 0.1) is 24.2 Å². The van der Waals surface area contributed by atoms with Crippen molar-refractivity contribution in [3.63, 3.8) is 0 Å². The molecule has 0 bridgehead atoms. The van der Waals surface area contributed by atoms with Gasteiger partial charge in [-0.2, -0.15) is 5.10 Å². The van der Waals surface area contributed by atoms with Gasteiger partial charge in [-0.05, 0) is 0 Å². The molecule has 1 aromatic rings. The van der Waals surface area contributed by atoms with Crippen molar-refractivity contribution in [2.75, 3.05) is 6.61 Å². The highest BCUT2D eigenvalue weighted by Gasteiger charge is 2.10. The fraction of sp³-hybridized carbons (Fsp3) is 0.500. The lowest BCUT2D eigenvalue weighted by molar-refractivity contribution is -0.385. The average molecular weight is 187 g/mol. The molecule has 0 aliphatic rings. The molecule has 0 aromatic carbocycles. The van der Waals surface area contributed by atoms with Gasteiger partial charge in [-0.25, -0.2) is 0 Å². The van der Waals surface area contributed by atoms with E-state index in [-0.39, 0.29) is 12.2 Å². The molecule has 0 spiro atoms. The van der Waals surface area contributed by atoms with Crippen molar-refractivity contribution in [3.8, 4) is 0 Å². The van der Waals surface area contributed by atoms with E-state index in [2.05, 4.69) is 5.10 Å². The van der Waals surface area contributed by atoms with E-state index in [0.717, 1.165) is 6.20 Å². The van der Waals surface area contributed by atoms with Crippen molar-refractivity contribution in [1.82, 2.24) is 9.78 Å². The van der Waals surface area contributed by atoms with Crippen molar-refractivity contribution in [3.05, 3.63) is 22.5 Å². The van der Waals surface area contributed by atoms with E-state index >= 15 is 0 Å². The summed E-state index contributed by atoms with van der Waals surface area (Å²) in [6.07, 6.45) is 1.34. The highest BCUT2D eigenvalue weighted by molar-refractivity contribution is 5.20. The van der Waals surface area contributed by atoms with E-state index < -0.39 is 17.6 Å². The minimum absolute atomic E-state index is 0.0460. The molecule has 0 aliphatic carbocycles. The monoisotopic (exact) mass is 187 g/mol. The lowest BCUT2D eigenvalue weighted by Gasteiger charge is -2.05. The summed E-state index contributed by atoms with van der Waals surface area (Å²) in [5.74, 6) is 0. The number of rotatable bonds is 4. The topological polar surface area (TPSA) is 101 Å². The molecule has 1 rings (SSSR count). The Hall–Kier alpha value is -1.47. The molecule has 1 heterocycles. The van der Waals surface area contributed by atoms with Crippen LogP contribution in [0.15, 0.2) is 12.4 Å². The Morgan fingerprint density at radius 1 is 1.77 bits per heavy atom. The van der Waals surface area contributed by atoms with Gasteiger partial charge in [-0.1, -0.05) is 0 Å². The number of hydrogen-bond acceptors (Lipinski definition) is 5. The minimum Gasteiger partial charge on any atom is -0.394 e. The van der Waals surface area contributed by atoms with Gasteiger partial charge in [-0.3, -0.25) is 14.8 Å². The van der Waals surface area contributed by atoms with Gasteiger partial charge in [0.15, 0.2) is 0 Å². The maximum Gasteiger partial charge on any atom is 0.306 e. The van der Waals surface area contributed by atoms with Crippen LogP contribution in [0.4, 0.5) is 5.69 Å². The summed E-state index contributed by atoms with van der Waals surface area (Å²) in [5, 5.41) is 31.3. The number of nitro groups is 1. The largest absolute Gasteiger partial charge is 0.394 e. The number of aromatic nitrogens is 2. The van der Waals surface area contributed by atoms with E-state index in [1.807, 2.05) is 0 Å². The van der Waals surface area contributed by atoms with E-state index in [0.29, 0.717) is 0 Å². The molecule has 0 radical (unpaired) electrons. The molecule has 1 unspecified atom stereocenters. The highest BCUT2D eigenvalue weighted by atomic mass is 16.6. The normalized spacial score (nSPS) is 12.8. The van der Waals surface area contributed by atoms with Crippen LogP contribution in [0.1, 0.15) is 0 Å². The van der Waals surface area contributed by atoms with Crippen LogP contribution in [0.2, 0.25) is 0 Å². The summed E-state index contributed by atoms with van der Waals surface area (Å²) in [7, 11) is 0. The van der Waals surface area contributed by atoms with Crippen LogP contribution in [0, 0.1) is 10.1 Å². The molecular formula is C6H9N3O4. The SMILES string of the molecule is O=[N+]([O-])c1cnn(CC(O)CO)c1. The number of hydrogen-bond donors (Lipinski definition) is 2. The zero-order chi connectivity index (χ0) is 9.84. The summed E-state index contributed by atoms with van der Waals surface area (Å²) in [6, 6.07) is 0. The maximum absolute atomic E-state index is 10.2. The summed E-state index contributed by atoms with van der Waals surface area (Å²) < 4.78 is 1.21. The van der Waals surface area contributed by atoms with Gasteiger partial charge in [0, 0.05) is 0 Å². The molecule has 2 N–H and O–H groups in total. The molecule has 0 fully saturated rings. The van der Waals surface area contributed by atoms with Crippen LogP contribution in [0.25, 0.3) is 0 Å². The summed E-state index contributed by atoms with van der Waals surface area (Å²) >= 11 is 0. The molecule has 0 amide bonds. The zero-order valence-electron chi connectivity index (χ0n) is 6.70. The Bertz CT molecular complexity index is 298. The second kappa shape index (κ2) is 3.97. The zero-order valence-corrected chi connectivity index (χ0v) is 6.70. The molecule has 7 nitrogen and oxygen atoms in total. The van der Waals surface area contributed by atoms with E-state index in [4.69, 9.17) is 10.2 Å². The summed E-state index contributed by atoms with van der Waals surface area (Å²) in [6.45, 7) is -0.349. The molecule has 1 aromatic heterocycles. The van der Waals surface area contributed by atoms with E-state index in [1.165, 1.54) is 10.9 Å². The Kier molecular flexibility index (Phi) is 2.93. The smallest absolute Gasteiger partial charge is 0.306 e. The first-order valence-corrected chi connectivity index (χ1v) is 3.59. The van der Waals surface area contributed by atoms with E-state index in [9.17, 15) is 10.1 Å². The van der Waals surface area contributed by atoms with Gasteiger partial charge in [0.25, 0.3) is 0 Å². The third-order valence-electron chi connectivity index (χ3n) is 1.44. The number of nitrogens with zero attached hydrogens (tertiary/aromatic N) is 3. The van der Waals surface area contributed by atoms with Gasteiger partial charge >= 0.3 is 5.69 Å². The van der Waals surface area contributed by atoms with Crippen LogP contribution in [0.5, 0.6) is 0 Å². The van der Waals surface area contributed by atoms with Crippen LogP contribution >= 0.6 is 0 Å². The first kappa shape index (κ1) is 9.62. The molecule has 13 heavy (non-hydrogen) atoms. The fourth-order valence-corrected chi connectivity index (χ4v) is 0.820. The highest BCUT2D eigenvalue weighted by Crippen LogP contribution is 2.07. The van der Waals surface area contributed by atoms with Crippen molar-refractivity contribution in [2.45, 2.75) is 12.6 Å². The summed E-state index contributed by atoms with van der Waals surface area (Å²) in [4.78, 5) is 9.64. The Morgan fingerprint density at radius 3 is 2.92 bits per heavy atom. The quantitative estimate of drug-likeness (QED) is 0.472. The van der Waals surface area contributed by atoms with Crippen LogP contribution in [-0.4, -0.2) is 37.6 Å². The molecule has 72 valence electrons. The van der Waals surface area contributed by atoms with Crippen molar-refractivity contribution >= 4 is 5.69 Å². The molecule has 1 atom stereocenters. The second-order valence-electron chi connectivity index (χ2n) is 2.51. The molecule has 0 saturated carbocycles. The first-order valence-electron chi connectivity index (χ1n) is 3.59. The van der Waals surface area contributed by atoms with Gasteiger partial charge in [-0.15, -0.1) is 0 Å². The third kappa shape index (κ3) is 2.49. The maximum atomic E-state index is 10.2. The first-order chi connectivity index (χ1) is 6.13. The fourth-order valence-electron chi connectivity index (χ4n) is 0.820. The van der Waals surface area contributed by atoms with Crippen molar-refractivity contribution < 1.29 is 15.1 Å². The number of aliphatic hydroxyl groups is 2. The molecule has 0 saturated heterocycles. The minimum atomic E-state index is -0.945. The lowest BCUT2D eigenvalue weighted by atomic mass is 10.4. The average Bonchev–Trinajstić information content (AvgIpc) is 2.52. The van der Waals surface area contributed by atoms with Crippen LogP contribution in [-0.2, 0) is 6.54 Å². The lowest BCUT2D eigenvalue weighted by Crippen LogP contribution is -2.19. The third-order valence-corrected chi connectivity index (χ3v) is 1.44. The predicted molar refractivity (Wildman–Crippen MR) is 42.0 cm³/mol. The predicted octanol–water partition coefficient (Wildman–Crippen LogP) is -0.856. The Morgan fingerprint density at radius 2 is 2.46 bits per heavy atom. The molecular weight excluding hydrogens is 178 g/mol. The molecule has 0 aliphatic heterocycles. The second-order valence-corrected chi connectivity index (χ2v) is 2.51. The van der Waals surface area contributed by atoms with Crippen LogP contribution < -0.4 is 0 Å². The van der Waals surface area contributed by atoms with Crippen LogP contribution in [0.3, 0.4) is 0 Å². The van der Waals surface area contributed by atoms with Gasteiger partial charge in [0.1, 0.15) is 12.4 Å². The Balaban J connectivity index is 2.64. The van der Waals surface area contributed by atoms with Gasteiger partial charge in [0.2, 0.25) is 0 Å². The van der Waals surface area contributed by atoms with E-state index in [1.54, 1.807) is 0 Å². The number of aliphatic hydroxyl groups excluding tert-OH is 2.